The Balaban J connectivity index is 1.69. The van der Waals surface area contributed by atoms with E-state index < -0.39 is 5.97 Å². The van der Waals surface area contributed by atoms with Crippen LogP contribution in [0.25, 0.3) is 22.5 Å². The number of carboxylic acids is 1. The monoisotopic (exact) mass is 331 g/mol. The maximum atomic E-state index is 11.1. The Morgan fingerprint density at radius 1 is 0.920 bits per heavy atom. The Bertz CT molecular complexity index is 1040. The van der Waals surface area contributed by atoms with Gasteiger partial charge in [-0.05, 0) is 35.9 Å². The summed E-state index contributed by atoms with van der Waals surface area (Å²) in [6, 6.07) is 14.6. The summed E-state index contributed by atoms with van der Waals surface area (Å²) < 4.78 is 3.56. The molecule has 0 aliphatic heterocycles. The van der Waals surface area contributed by atoms with Crippen molar-refractivity contribution in [2.24, 2.45) is 0 Å². The van der Waals surface area contributed by atoms with Crippen molar-refractivity contribution in [2.45, 2.75) is 0 Å². The van der Waals surface area contributed by atoms with Crippen LogP contribution in [-0.2, 0) is 0 Å². The van der Waals surface area contributed by atoms with Gasteiger partial charge < -0.3 is 5.11 Å². The summed E-state index contributed by atoms with van der Waals surface area (Å²) >= 11 is 0. The highest BCUT2D eigenvalue weighted by Crippen LogP contribution is 2.22. The molecular weight excluding hydrogens is 318 g/mol. The molecule has 0 fully saturated rings. The molecule has 25 heavy (non-hydrogen) atoms. The Kier molecular flexibility index (Phi) is 3.59. The van der Waals surface area contributed by atoms with Crippen LogP contribution in [0.5, 0.6) is 0 Å². The smallest absolute Gasteiger partial charge is 0.335 e. The third-order valence-electron chi connectivity index (χ3n) is 3.84. The zero-order valence-electron chi connectivity index (χ0n) is 13.0. The minimum atomic E-state index is -0.948. The summed E-state index contributed by atoms with van der Waals surface area (Å²) in [5.41, 5.74) is 3.71. The molecule has 2 aromatic carbocycles. The molecule has 0 amide bonds. The lowest BCUT2D eigenvalue weighted by atomic mass is 10.1. The average molecular weight is 331 g/mol. The van der Waals surface area contributed by atoms with Gasteiger partial charge in [-0.2, -0.15) is 5.10 Å². The highest BCUT2D eigenvalue weighted by molar-refractivity contribution is 5.89. The third-order valence-corrected chi connectivity index (χ3v) is 3.84. The second-order valence-electron chi connectivity index (χ2n) is 5.45. The largest absolute Gasteiger partial charge is 0.478 e. The van der Waals surface area contributed by atoms with Gasteiger partial charge in [0.2, 0.25) is 0 Å². The zero-order chi connectivity index (χ0) is 17.2. The van der Waals surface area contributed by atoms with E-state index in [9.17, 15) is 4.79 Å². The molecule has 0 atom stereocenters. The van der Waals surface area contributed by atoms with E-state index in [1.165, 1.54) is 0 Å². The lowest BCUT2D eigenvalue weighted by Gasteiger charge is -2.05. The van der Waals surface area contributed by atoms with Crippen molar-refractivity contribution in [2.75, 3.05) is 0 Å². The summed E-state index contributed by atoms with van der Waals surface area (Å²) in [7, 11) is 0. The quantitative estimate of drug-likeness (QED) is 0.621. The van der Waals surface area contributed by atoms with Crippen LogP contribution < -0.4 is 0 Å². The molecule has 122 valence electrons. The van der Waals surface area contributed by atoms with Gasteiger partial charge >= 0.3 is 5.97 Å². The SMILES string of the molecule is O=C(O)c1cccc(-c2cnn(-c3cccc(-n4cnnc4)c3)c2)c1. The van der Waals surface area contributed by atoms with Crippen molar-refractivity contribution in [3.05, 3.63) is 79.1 Å². The first-order valence-electron chi connectivity index (χ1n) is 7.54. The maximum Gasteiger partial charge on any atom is 0.335 e. The van der Waals surface area contributed by atoms with Gasteiger partial charge in [-0.25, -0.2) is 9.48 Å². The van der Waals surface area contributed by atoms with Crippen molar-refractivity contribution in [3.8, 4) is 22.5 Å². The Hall–Kier alpha value is -3.74. The van der Waals surface area contributed by atoms with E-state index >= 15 is 0 Å². The molecule has 0 spiro atoms. The van der Waals surface area contributed by atoms with Gasteiger partial charge in [-0.1, -0.05) is 18.2 Å². The summed E-state index contributed by atoms with van der Waals surface area (Å²) in [6.45, 7) is 0. The predicted molar refractivity (Wildman–Crippen MR) is 90.9 cm³/mol. The fourth-order valence-corrected chi connectivity index (χ4v) is 2.58. The van der Waals surface area contributed by atoms with Gasteiger partial charge in [0.1, 0.15) is 12.7 Å². The van der Waals surface area contributed by atoms with Crippen molar-refractivity contribution in [1.82, 2.24) is 24.5 Å². The molecule has 4 rings (SSSR count). The van der Waals surface area contributed by atoms with Crippen molar-refractivity contribution >= 4 is 5.97 Å². The fourth-order valence-electron chi connectivity index (χ4n) is 2.58. The molecule has 0 aliphatic rings. The van der Waals surface area contributed by atoms with Gasteiger partial charge in [-0.15, -0.1) is 10.2 Å². The minimum absolute atomic E-state index is 0.250. The van der Waals surface area contributed by atoms with Crippen LogP contribution in [0.3, 0.4) is 0 Å². The highest BCUT2D eigenvalue weighted by Gasteiger charge is 2.08. The number of hydrogen-bond donors (Lipinski definition) is 1. The van der Waals surface area contributed by atoms with Crippen LogP contribution in [0.4, 0.5) is 0 Å². The molecule has 0 saturated heterocycles. The molecule has 0 bridgehead atoms. The van der Waals surface area contributed by atoms with Crippen LogP contribution in [0.2, 0.25) is 0 Å². The van der Waals surface area contributed by atoms with Crippen LogP contribution >= 0.6 is 0 Å². The summed E-state index contributed by atoms with van der Waals surface area (Å²) in [6.07, 6.45) is 6.84. The molecule has 7 nitrogen and oxygen atoms in total. The lowest BCUT2D eigenvalue weighted by Crippen LogP contribution is -1.97. The minimum Gasteiger partial charge on any atom is -0.478 e. The number of benzene rings is 2. The zero-order valence-corrected chi connectivity index (χ0v) is 13.0. The molecule has 2 aromatic heterocycles. The Labute approximate surface area is 142 Å². The van der Waals surface area contributed by atoms with E-state index in [0.29, 0.717) is 0 Å². The first-order chi connectivity index (χ1) is 12.2. The highest BCUT2D eigenvalue weighted by atomic mass is 16.4. The molecule has 1 N–H and O–H groups in total. The second kappa shape index (κ2) is 6.04. The lowest BCUT2D eigenvalue weighted by molar-refractivity contribution is 0.0697. The third kappa shape index (κ3) is 2.90. The van der Waals surface area contributed by atoms with Crippen LogP contribution in [0.1, 0.15) is 10.4 Å². The van der Waals surface area contributed by atoms with Gasteiger partial charge in [-0.3, -0.25) is 4.57 Å². The van der Waals surface area contributed by atoms with Crippen LogP contribution in [0, 0.1) is 0 Å². The molecule has 2 heterocycles. The molecule has 0 aliphatic carbocycles. The van der Waals surface area contributed by atoms with Crippen molar-refractivity contribution in [3.63, 3.8) is 0 Å². The van der Waals surface area contributed by atoms with Crippen LogP contribution in [-0.4, -0.2) is 35.6 Å². The summed E-state index contributed by atoms with van der Waals surface area (Å²) in [5.74, 6) is -0.948. The molecule has 0 saturated carbocycles. The van der Waals surface area contributed by atoms with Gasteiger partial charge in [0.05, 0.1) is 23.1 Å². The number of aromatic nitrogens is 5. The second-order valence-corrected chi connectivity index (χ2v) is 5.45. The fraction of sp³-hybridized carbons (Fsp3) is 0. The summed E-state index contributed by atoms with van der Waals surface area (Å²) in [5, 5.41) is 21.1. The van der Waals surface area contributed by atoms with Crippen LogP contribution in [0.15, 0.2) is 73.6 Å². The van der Waals surface area contributed by atoms with Gasteiger partial charge in [0.25, 0.3) is 0 Å². The number of carboxylic acid groups (broad SMARTS) is 1. The van der Waals surface area contributed by atoms with E-state index in [4.69, 9.17) is 5.11 Å². The van der Waals surface area contributed by atoms with E-state index in [1.807, 2.05) is 41.1 Å². The van der Waals surface area contributed by atoms with E-state index in [2.05, 4.69) is 15.3 Å². The molecule has 7 heteroatoms. The standard InChI is InChI=1S/C18H13N5O2/c24-18(25)14-4-1-3-13(7-14)15-9-21-23(10-15)17-6-2-5-16(8-17)22-11-19-20-12-22/h1-12H,(H,24,25). The number of hydrogen-bond acceptors (Lipinski definition) is 4. The maximum absolute atomic E-state index is 11.1. The molecule has 4 aromatic rings. The number of carbonyl (C=O) groups is 1. The van der Waals surface area contributed by atoms with E-state index in [1.54, 1.807) is 41.7 Å². The number of aromatic carboxylic acids is 1. The van der Waals surface area contributed by atoms with Gasteiger partial charge in [0, 0.05) is 11.8 Å². The molecule has 0 radical (unpaired) electrons. The summed E-state index contributed by atoms with van der Waals surface area (Å²) in [4.78, 5) is 11.1. The Morgan fingerprint density at radius 3 is 2.48 bits per heavy atom. The first-order valence-corrected chi connectivity index (χ1v) is 7.54. The van der Waals surface area contributed by atoms with E-state index in [0.717, 1.165) is 22.5 Å². The normalized spacial score (nSPS) is 10.7. The predicted octanol–water partition coefficient (Wildman–Crippen LogP) is 2.82. The van der Waals surface area contributed by atoms with E-state index in [-0.39, 0.29) is 5.56 Å². The van der Waals surface area contributed by atoms with Crippen molar-refractivity contribution in [1.29, 1.82) is 0 Å². The molecule has 0 unspecified atom stereocenters. The topological polar surface area (TPSA) is 85.8 Å². The first kappa shape index (κ1) is 14.8. The Morgan fingerprint density at radius 2 is 1.68 bits per heavy atom. The van der Waals surface area contributed by atoms with Crippen molar-refractivity contribution < 1.29 is 9.90 Å². The molecular formula is C18H13N5O2. The van der Waals surface area contributed by atoms with Gasteiger partial charge in [0.15, 0.2) is 0 Å². The number of nitrogens with zero attached hydrogens (tertiary/aromatic N) is 5. The average Bonchev–Trinajstić information content (AvgIpc) is 3.34. The number of rotatable bonds is 4.